The maximum Gasteiger partial charge on any atom is 0.267 e. The number of aromatic nitrogens is 2. The molecule has 0 spiro atoms. The van der Waals surface area contributed by atoms with Gasteiger partial charge in [0.15, 0.2) is 6.61 Å². The zero-order chi connectivity index (χ0) is 19.1. The standard InChI is InChI=1S/C21H20N4O3/c26-19(25-11-10-24-18-7-2-1-6-17(18)23-21(24)25)13-28-16-5-3-4-15(12-16)22-20(27)14-8-9-14/h1-7,12,14H,8-11,13H2,(H,22,27). The van der Waals surface area contributed by atoms with Gasteiger partial charge in [0.2, 0.25) is 11.9 Å². The zero-order valence-corrected chi connectivity index (χ0v) is 15.3. The summed E-state index contributed by atoms with van der Waals surface area (Å²) in [4.78, 5) is 30.8. The van der Waals surface area contributed by atoms with Gasteiger partial charge in [-0.1, -0.05) is 18.2 Å². The molecule has 0 unspecified atom stereocenters. The minimum Gasteiger partial charge on any atom is -0.484 e. The second-order valence-corrected chi connectivity index (χ2v) is 7.18. The maximum absolute atomic E-state index is 12.7. The number of hydrogen-bond donors (Lipinski definition) is 1. The molecular weight excluding hydrogens is 356 g/mol. The normalized spacial score (nSPS) is 15.5. The van der Waals surface area contributed by atoms with E-state index in [1.807, 2.05) is 30.3 Å². The molecule has 1 N–H and O–H groups in total. The van der Waals surface area contributed by atoms with Crippen molar-refractivity contribution in [3.63, 3.8) is 0 Å². The van der Waals surface area contributed by atoms with E-state index >= 15 is 0 Å². The first-order chi connectivity index (χ1) is 13.7. The molecule has 1 fully saturated rings. The summed E-state index contributed by atoms with van der Waals surface area (Å²) in [7, 11) is 0. The van der Waals surface area contributed by atoms with E-state index in [0.717, 1.165) is 30.4 Å². The predicted octanol–water partition coefficient (Wildman–Crippen LogP) is 2.81. The molecule has 7 nitrogen and oxygen atoms in total. The summed E-state index contributed by atoms with van der Waals surface area (Å²) in [5.74, 6) is 1.26. The highest BCUT2D eigenvalue weighted by atomic mass is 16.5. The van der Waals surface area contributed by atoms with Gasteiger partial charge in [-0.15, -0.1) is 0 Å². The van der Waals surface area contributed by atoms with Crippen LogP contribution in [0.3, 0.4) is 0 Å². The van der Waals surface area contributed by atoms with Crippen molar-refractivity contribution in [2.24, 2.45) is 5.92 Å². The van der Waals surface area contributed by atoms with E-state index < -0.39 is 0 Å². The summed E-state index contributed by atoms with van der Waals surface area (Å²) in [5, 5.41) is 2.89. The number of hydrogen-bond acceptors (Lipinski definition) is 4. The molecule has 2 aromatic carbocycles. The van der Waals surface area contributed by atoms with Crippen LogP contribution in [0.15, 0.2) is 48.5 Å². The van der Waals surface area contributed by atoms with Crippen LogP contribution in [-0.2, 0) is 16.1 Å². The van der Waals surface area contributed by atoms with Gasteiger partial charge in [0.05, 0.1) is 11.0 Å². The predicted molar refractivity (Wildman–Crippen MR) is 105 cm³/mol. The second-order valence-electron chi connectivity index (χ2n) is 7.18. The van der Waals surface area contributed by atoms with Gasteiger partial charge in [0.25, 0.3) is 5.91 Å². The topological polar surface area (TPSA) is 76.5 Å². The Hall–Kier alpha value is -3.35. The van der Waals surface area contributed by atoms with Gasteiger partial charge in [-0.3, -0.25) is 14.5 Å². The number of ether oxygens (including phenoxy) is 1. The first-order valence-electron chi connectivity index (χ1n) is 9.48. The van der Waals surface area contributed by atoms with Gasteiger partial charge in [0.1, 0.15) is 5.75 Å². The molecule has 1 aliphatic carbocycles. The molecule has 142 valence electrons. The monoisotopic (exact) mass is 376 g/mol. The Labute approximate surface area is 161 Å². The first-order valence-corrected chi connectivity index (χ1v) is 9.48. The Balaban J connectivity index is 1.25. The molecule has 5 rings (SSSR count). The number of carbonyl (C=O) groups excluding carboxylic acids is 2. The fourth-order valence-corrected chi connectivity index (χ4v) is 3.50. The number of rotatable bonds is 5. The van der Waals surface area contributed by atoms with Crippen molar-refractivity contribution in [1.82, 2.24) is 9.55 Å². The third-order valence-electron chi connectivity index (χ3n) is 5.14. The summed E-state index contributed by atoms with van der Waals surface area (Å²) in [6.07, 6.45) is 1.91. The fraction of sp³-hybridized carbons (Fsp3) is 0.286. The lowest BCUT2D eigenvalue weighted by molar-refractivity contribution is -0.120. The van der Waals surface area contributed by atoms with Crippen LogP contribution in [0.2, 0.25) is 0 Å². The molecule has 1 aliphatic heterocycles. The number of anilines is 2. The number of amides is 2. The second kappa shape index (κ2) is 6.67. The third-order valence-corrected chi connectivity index (χ3v) is 5.14. The van der Waals surface area contributed by atoms with Crippen LogP contribution in [-0.4, -0.2) is 34.5 Å². The van der Waals surface area contributed by atoms with Gasteiger partial charge in [0, 0.05) is 30.8 Å². The van der Waals surface area contributed by atoms with Crippen LogP contribution < -0.4 is 15.0 Å². The highest BCUT2D eigenvalue weighted by Crippen LogP contribution is 2.31. The van der Waals surface area contributed by atoms with Gasteiger partial charge >= 0.3 is 0 Å². The molecule has 0 radical (unpaired) electrons. The van der Waals surface area contributed by atoms with Crippen LogP contribution in [0.5, 0.6) is 5.75 Å². The highest BCUT2D eigenvalue weighted by Gasteiger charge is 2.30. The molecule has 0 atom stereocenters. The number of carbonyl (C=O) groups is 2. The Morgan fingerprint density at radius 1 is 1.11 bits per heavy atom. The van der Waals surface area contributed by atoms with Crippen molar-refractivity contribution in [2.75, 3.05) is 23.4 Å². The molecular formula is C21H20N4O3. The lowest BCUT2D eigenvalue weighted by atomic mass is 10.3. The Morgan fingerprint density at radius 2 is 1.96 bits per heavy atom. The quantitative estimate of drug-likeness (QED) is 0.743. The van der Waals surface area contributed by atoms with Crippen LogP contribution >= 0.6 is 0 Å². The zero-order valence-electron chi connectivity index (χ0n) is 15.3. The van der Waals surface area contributed by atoms with E-state index in [0.29, 0.717) is 23.9 Å². The number of nitrogens with one attached hydrogen (secondary N) is 1. The minimum atomic E-state index is -0.138. The number of imidazole rings is 1. The maximum atomic E-state index is 12.7. The van der Waals surface area contributed by atoms with Crippen molar-refractivity contribution in [3.05, 3.63) is 48.5 Å². The van der Waals surface area contributed by atoms with Crippen molar-refractivity contribution < 1.29 is 14.3 Å². The molecule has 7 heteroatoms. The summed E-state index contributed by atoms with van der Waals surface area (Å²) in [6.45, 7) is 1.24. The number of para-hydroxylation sites is 2. The highest BCUT2D eigenvalue weighted by molar-refractivity contribution is 5.96. The van der Waals surface area contributed by atoms with E-state index in [-0.39, 0.29) is 24.3 Å². The smallest absolute Gasteiger partial charge is 0.267 e. The Bertz CT molecular complexity index is 1070. The molecule has 3 aromatic rings. The molecule has 2 amide bonds. The largest absolute Gasteiger partial charge is 0.484 e. The number of fused-ring (bicyclic) bond motifs is 3. The van der Waals surface area contributed by atoms with E-state index in [1.165, 1.54) is 0 Å². The average molecular weight is 376 g/mol. The summed E-state index contributed by atoms with van der Waals surface area (Å²) in [6, 6.07) is 15.0. The minimum absolute atomic E-state index is 0.0456. The molecule has 1 saturated carbocycles. The van der Waals surface area contributed by atoms with Crippen molar-refractivity contribution in [1.29, 1.82) is 0 Å². The van der Waals surface area contributed by atoms with Crippen LogP contribution in [0.25, 0.3) is 11.0 Å². The van der Waals surface area contributed by atoms with Crippen molar-refractivity contribution >= 4 is 34.5 Å². The van der Waals surface area contributed by atoms with Gasteiger partial charge in [-0.2, -0.15) is 0 Å². The van der Waals surface area contributed by atoms with Gasteiger partial charge < -0.3 is 14.6 Å². The van der Waals surface area contributed by atoms with Crippen molar-refractivity contribution in [2.45, 2.75) is 19.4 Å². The SMILES string of the molecule is O=C(Nc1cccc(OCC(=O)N2CCn3c2nc2ccccc23)c1)C1CC1. The van der Waals surface area contributed by atoms with E-state index in [2.05, 4.69) is 14.9 Å². The molecule has 2 heterocycles. The molecule has 1 aromatic heterocycles. The molecule has 0 bridgehead atoms. The van der Waals surface area contributed by atoms with Gasteiger partial charge in [-0.05, 0) is 37.1 Å². The van der Waals surface area contributed by atoms with Gasteiger partial charge in [-0.25, -0.2) is 4.98 Å². The van der Waals surface area contributed by atoms with E-state index in [1.54, 1.807) is 23.1 Å². The summed E-state index contributed by atoms with van der Waals surface area (Å²) >= 11 is 0. The Kier molecular flexibility index (Phi) is 4.00. The molecule has 2 aliphatic rings. The molecule has 28 heavy (non-hydrogen) atoms. The van der Waals surface area contributed by atoms with Crippen molar-refractivity contribution in [3.8, 4) is 5.75 Å². The summed E-state index contributed by atoms with van der Waals surface area (Å²) in [5.41, 5.74) is 2.60. The van der Waals surface area contributed by atoms with Crippen LogP contribution in [0, 0.1) is 5.92 Å². The molecule has 0 saturated heterocycles. The number of nitrogens with zero attached hydrogens (tertiary/aromatic N) is 3. The number of benzene rings is 2. The van der Waals surface area contributed by atoms with Crippen LogP contribution in [0.1, 0.15) is 12.8 Å². The summed E-state index contributed by atoms with van der Waals surface area (Å²) < 4.78 is 7.74. The van der Waals surface area contributed by atoms with E-state index in [9.17, 15) is 9.59 Å². The lowest BCUT2D eigenvalue weighted by Crippen LogP contribution is -2.33. The Morgan fingerprint density at radius 3 is 2.82 bits per heavy atom. The first kappa shape index (κ1) is 16.8. The average Bonchev–Trinajstić information content (AvgIpc) is 3.38. The van der Waals surface area contributed by atoms with E-state index in [4.69, 9.17) is 4.74 Å². The van der Waals surface area contributed by atoms with Crippen LogP contribution in [0.4, 0.5) is 11.6 Å². The fourth-order valence-electron chi connectivity index (χ4n) is 3.50. The lowest BCUT2D eigenvalue weighted by Gasteiger charge is -2.15. The third kappa shape index (κ3) is 3.09.